The van der Waals surface area contributed by atoms with Gasteiger partial charge in [0, 0.05) is 23.0 Å². The molecular formula is C22H29N3O5S. The van der Waals surface area contributed by atoms with Crippen LogP contribution in [0, 0.1) is 13.8 Å². The van der Waals surface area contributed by atoms with Crippen LogP contribution in [0.15, 0.2) is 28.9 Å². The number of ketones is 1. The molecule has 0 bridgehead atoms. The number of sulfone groups is 1. The quantitative estimate of drug-likeness (QED) is 0.652. The second-order valence-electron chi connectivity index (χ2n) is 8.56. The molecule has 31 heavy (non-hydrogen) atoms. The minimum Gasteiger partial charge on any atom is -0.467 e. The number of aryl methyl sites for hydroxylation is 1. The van der Waals surface area contributed by atoms with Crippen LogP contribution in [0.5, 0.6) is 0 Å². The fraction of sp³-hybridized carbons (Fsp3) is 0.545. The van der Waals surface area contributed by atoms with Crippen molar-refractivity contribution in [2.24, 2.45) is 0 Å². The maximum absolute atomic E-state index is 13.1. The molecule has 4 rings (SSSR count). The van der Waals surface area contributed by atoms with E-state index >= 15 is 0 Å². The average Bonchev–Trinajstić information content (AvgIpc) is 3.48. The second-order valence-corrected chi connectivity index (χ2v) is 10.8. The van der Waals surface area contributed by atoms with Gasteiger partial charge in [-0.15, -0.1) is 0 Å². The van der Waals surface area contributed by atoms with Gasteiger partial charge in [0.15, 0.2) is 15.6 Å². The molecule has 2 atom stereocenters. The number of likely N-dealkylation sites (tertiary alicyclic amines) is 1. The fourth-order valence-electron chi connectivity index (χ4n) is 4.89. The Labute approximate surface area is 182 Å². The summed E-state index contributed by atoms with van der Waals surface area (Å²) in [5.41, 5.74) is 2.32. The van der Waals surface area contributed by atoms with Gasteiger partial charge >= 0.3 is 0 Å². The van der Waals surface area contributed by atoms with Gasteiger partial charge in [0.25, 0.3) is 0 Å². The van der Waals surface area contributed by atoms with Crippen molar-refractivity contribution in [1.29, 1.82) is 0 Å². The van der Waals surface area contributed by atoms with Gasteiger partial charge in [-0.2, -0.15) is 0 Å². The topological polar surface area (TPSA) is 102 Å². The minimum atomic E-state index is -3.01. The molecule has 9 heteroatoms. The van der Waals surface area contributed by atoms with Gasteiger partial charge in [-0.3, -0.25) is 14.5 Å². The van der Waals surface area contributed by atoms with Crippen LogP contribution >= 0.6 is 0 Å². The molecule has 2 fully saturated rings. The van der Waals surface area contributed by atoms with Crippen molar-refractivity contribution >= 4 is 21.5 Å². The standard InChI is InChI=1S/C22H29N3O5S/c1-15-11-19(16(2)25(15)17-7-10-31(28,29)14-17)21(26)13-24-8-3-6-20(24)22(27)23-12-18-5-4-9-30-18/h4-5,9,11,17,20H,3,6-8,10,12-14H2,1-2H3,(H,23,27)/t17-,20+/m1/s1. The summed E-state index contributed by atoms with van der Waals surface area (Å²) in [6, 6.07) is 4.99. The number of carbonyl (C=O) groups excluding carboxylic acids is 2. The van der Waals surface area contributed by atoms with Crippen LogP contribution in [0.4, 0.5) is 0 Å². The summed E-state index contributed by atoms with van der Waals surface area (Å²) in [6.07, 6.45) is 3.73. The van der Waals surface area contributed by atoms with Crippen molar-refractivity contribution in [3.8, 4) is 0 Å². The van der Waals surface area contributed by atoms with Crippen molar-refractivity contribution in [3.63, 3.8) is 0 Å². The molecule has 2 aromatic heterocycles. The molecule has 168 valence electrons. The number of hydrogen-bond donors (Lipinski definition) is 1. The highest BCUT2D eigenvalue weighted by Crippen LogP contribution is 2.29. The van der Waals surface area contributed by atoms with E-state index < -0.39 is 9.84 Å². The molecule has 1 amide bonds. The predicted molar refractivity (Wildman–Crippen MR) is 116 cm³/mol. The van der Waals surface area contributed by atoms with Crippen molar-refractivity contribution in [3.05, 3.63) is 47.2 Å². The Morgan fingerprint density at radius 2 is 2.06 bits per heavy atom. The highest BCUT2D eigenvalue weighted by atomic mass is 32.2. The van der Waals surface area contributed by atoms with Gasteiger partial charge in [0.2, 0.25) is 5.91 Å². The monoisotopic (exact) mass is 447 g/mol. The Morgan fingerprint density at radius 3 is 2.74 bits per heavy atom. The second kappa shape index (κ2) is 8.63. The number of hydrogen-bond acceptors (Lipinski definition) is 6. The summed E-state index contributed by atoms with van der Waals surface area (Å²) < 4.78 is 31.1. The molecule has 1 N–H and O–H groups in total. The van der Waals surface area contributed by atoms with E-state index in [0.29, 0.717) is 30.8 Å². The Morgan fingerprint density at radius 1 is 1.26 bits per heavy atom. The highest BCUT2D eigenvalue weighted by molar-refractivity contribution is 7.91. The molecule has 0 aliphatic carbocycles. The summed E-state index contributed by atoms with van der Waals surface area (Å²) in [7, 11) is -3.01. The molecule has 0 saturated carbocycles. The molecular weight excluding hydrogens is 418 g/mol. The highest BCUT2D eigenvalue weighted by Gasteiger charge is 2.34. The number of nitrogens with zero attached hydrogens (tertiary/aromatic N) is 2. The molecule has 0 unspecified atom stereocenters. The van der Waals surface area contributed by atoms with Crippen LogP contribution in [-0.4, -0.2) is 60.2 Å². The third kappa shape index (κ3) is 4.62. The lowest BCUT2D eigenvalue weighted by Gasteiger charge is -2.23. The maximum Gasteiger partial charge on any atom is 0.237 e. The third-order valence-electron chi connectivity index (χ3n) is 6.39. The molecule has 0 spiro atoms. The number of amides is 1. The molecule has 2 saturated heterocycles. The molecule has 2 aromatic rings. The Kier molecular flexibility index (Phi) is 6.07. The maximum atomic E-state index is 13.1. The first-order valence-electron chi connectivity index (χ1n) is 10.7. The lowest BCUT2D eigenvalue weighted by atomic mass is 10.1. The van der Waals surface area contributed by atoms with E-state index in [-0.39, 0.29) is 41.8 Å². The van der Waals surface area contributed by atoms with Crippen LogP contribution in [0.2, 0.25) is 0 Å². The number of Topliss-reactive ketones (excluding diaryl/α,β-unsaturated/α-hetero) is 1. The molecule has 2 aliphatic heterocycles. The first-order valence-corrected chi connectivity index (χ1v) is 12.5. The molecule has 4 heterocycles. The van der Waals surface area contributed by atoms with E-state index in [0.717, 1.165) is 24.2 Å². The lowest BCUT2D eigenvalue weighted by molar-refractivity contribution is -0.125. The average molecular weight is 448 g/mol. The number of nitrogens with one attached hydrogen (secondary N) is 1. The summed E-state index contributed by atoms with van der Waals surface area (Å²) in [5, 5.41) is 2.89. The van der Waals surface area contributed by atoms with Gasteiger partial charge in [-0.25, -0.2) is 8.42 Å². The number of aromatic nitrogens is 1. The zero-order valence-corrected chi connectivity index (χ0v) is 18.8. The van der Waals surface area contributed by atoms with Crippen LogP contribution in [-0.2, 0) is 21.2 Å². The van der Waals surface area contributed by atoms with E-state index in [4.69, 9.17) is 4.42 Å². The van der Waals surface area contributed by atoms with Crippen LogP contribution in [0.25, 0.3) is 0 Å². The zero-order valence-electron chi connectivity index (χ0n) is 18.0. The van der Waals surface area contributed by atoms with E-state index in [1.165, 1.54) is 0 Å². The molecule has 2 aliphatic rings. The number of rotatable bonds is 7. The Hall–Kier alpha value is -2.39. The van der Waals surface area contributed by atoms with E-state index in [1.807, 2.05) is 35.4 Å². The largest absolute Gasteiger partial charge is 0.467 e. The minimum absolute atomic E-state index is 0.0362. The predicted octanol–water partition coefficient (Wildman–Crippen LogP) is 2.02. The number of carbonyl (C=O) groups is 2. The van der Waals surface area contributed by atoms with Gasteiger partial charge in [0.1, 0.15) is 5.76 Å². The number of furan rings is 1. The van der Waals surface area contributed by atoms with Crippen molar-refractivity contribution in [2.75, 3.05) is 24.6 Å². The molecule has 8 nitrogen and oxygen atoms in total. The first-order chi connectivity index (χ1) is 14.7. The summed E-state index contributed by atoms with van der Waals surface area (Å²) in [4.78, 5) is 27.7. The van der Waals surface area contributed by atoms with Crippen molar-refractivity contribution in [1.82, 2.24) is 14.8 Å². The normalized spacial score (nSPS) is 23.3. The van der Waals surface area contributed by atoms with E-state index in [1.54, 1.807) is 12.3 Å². The van der Waals surface area contributed by atoms with Gasteiger partial charge < -0.3 is 14.3 Å². The van der Waals surface area contributed by atoms with Crippen molar-refractivity contribution in [2.45, 2.75) is 51.7 Å². The summed E-state index contributed by atoms with van der Waals surface area (Å²) in [6.45, 7) is 4.99. The van der Waals surface area contributed by atoms with Crippen molar-refractivity contribution < 1.29 is 22.4 Å². The SMILES string of the molecule is Cc1cc(C(=O)CN2CCC[C@H]2C(=O)NCc2ccco2)c(C)n1[C@@H]1CCS(=O)(=O)C1. The fourth-order valence-corrected chi connectivity index (χ4v) is 6.59. The molecule has 0 radical (unpaired) electrons. The molecule has 0 aromatic carbocycles. The van der Waals surface area contributed by atoms with Gasteiger partial charge in [-0.05, 0) is 57.9 Å². The first kappa shape index (κ1) is 21.8. The van der Waals surface area contributed by atoms with E-state index in [2.05, 4.69) is 5.32 Å². The third-order valence-corrected chi connectivity index (χ3v) is 8.14. The Balaban J connectivity index is 1.43. The van der Waals surface area contributed by atoms with Gasteiger partial charge in [0.05, 0.1) is 36.9 Å². The lowest BCUT2D eigenvalue weighted by Crippen LogP contribution is -2.44. The van der Waals surface area contributed by atoms with Crippen LogP contribution < -0.4 is 5.32 Å². The van der Waals surface area contributed by atoms with E-state index in [9.17, 15) is 18.0 Å². The summed E-state index contributed by atoms with van der Waals surface area (Å²) in [5.74, 6) is 0.881. The Bertz CT molecular complexity index is 1070. The zero-order chi connectivity index (χ0) is 22.2. The smallest absolute Gasteiger partial charge is 0.237 e. The van der Waals surface area contributed by atoms with Gasteiger partial charge in [-0.1, -0.05) is 0 Å². The van der Waals surface area contributed by atoms with Crippen LogP contribution in [0.1, 0.15) is 52.8 Å². The summed E-state index contributed by atoms with van der Waals surface area (Å²) >= 11 is 0. The van der Waals surface area contributed by atoms with Crippen LogP contribution in [0.3, 0.4) is 0 Å².